The molecule has 0 saturated carbocycles. The first kappa shape index (κ1) is 17.7. The van der Waals surface area contributed by atoms with Gasteiger partial charge in [0.1, 0.15) is 19.0 Å². The van der Waals surface area contributed by atoms with E-state index in [1.54, 1.807) is 14.2 Å². The van der Waals surface area contributed by atoms with E-state index in [0.717, 1.165) is 16.9 Å². The fourth-order valence-corrected chi connectivity index (χ4v) is 2.54. The van der Waals surface area contributed by atoms with Gasteiger partial charge < -0.3 is 18.9 Å². The standard InChI is InChI=1S/C22H22O4/c1-23-20-9-6-10-21(24-2)22(20)26-16-18-11-13-19(14-12-18)25-15-17-7-4-3-5-8-17/h3-14H,15-16H2,1-2H3. The number of ether oxygens (including phenoxy) is 4. The Labute approximate surface area is 153 Å². The summed E-state index contributed by atoms with van der Waals surface area (Å²) in [6.45, 7) is 0.963. The summed E-state index contributed by atoms with van der Waals surface area (Å²) in [6, 6.07) is 23.5. The molecular weight excluding hydrogens is 328 g/mol. The van der Waals surface area contributed by atoms with Crippen LogP contribution in [0.5, 0.6) is 23.0 Å². The Morgan fingerprint density at radius 1 is 0.577 bits per heavy atom. The Morgan fingerprint density at radius 2 is 1.15 bits per heavy atom. The molecule has 4 nitrogen and oxygen atoms in total. The lowest BCUT2D eigenvalue weighted by atomic mass is 10.2. The summed E-state index contributed by atoms with van der Waals surface area (Å²) in [5.41, 5.74) is 2.17. The summed E-state index contributed by atoms with van der Waals surface area (Å²) in [5, 5.41) is 0. The predicted octanol–water partition coefficient (Wildman–Crippen LogP) is 4.86. The zero-order chi connectivity index (χ0) is 18.2. The molecule has 0 amide bonds. The molecule has 0 radical (unpaired) electrons. The molecule has 0 aromatic heterocycles. The third kappa shape index (κ3) is 4.48. The number of hydrogen-bond donors (Lipinski definition) is 0. The van der Waals surface area contributed by atoms with Crippen LogP contribution >= 0.6 is 0 Å². The zero-order valence-corrected chi connectivity index (χ0v) is 15.0. The van der Waals surface area contributed by atoms with Crippen molar-refractivity contribution in [2.75, 3.05) is 14.2 Å². The van der Waals surface area contributed by atoms with Crippen LogP contribution in [0.25, 0.3) is 0 Å². The van der Waals surface area contributed by atoms with Crippen LogP contribution in [-0.4, -0.2) is 14.2 Å². The number of hydrogen-bond acceptors (Lipinski definition) is 4. The van der Waals surface area contributed by atoms with Crippen LogP contribution in [0, 0.1) is 0 Å². The summed E-state index contributed by atoms with van der Waals surface area (Å²) < 4.78 is 22.4. The molecule has 0 aliphatic rings. The predicted molar refractivity (Wildman–Crippen MR) is 101 cm³/mol. The highest BCUT2D eigenvalue weighted by Gasteiger charge is 2.11. The summed E-state index contributed by atoms with van der Waals surface area (Å²) in [6.07, 6.45) is 0. The third-order valence-corrected chi connectivity index (χ3v) is 3.94. The molecule has 0 aliphatic carbocycles. The topological polar surface area (TPSA) is 36.9 Å². The van der Waals surface area contributed by atoms with Gasteiger partial charge in [-0.3, -0.25) is 0 Å². The number of benzene rings is 3. The van der Waals surface area contributed by atoms with E-state index in [2.05, 4.69) is 0 Å². The van der Waals surface area contributed by atoms with Crippen molar-refractivity contribution in [2.45, 2.75) is 13.2 Å². The molecule has 0 N–H and O–H groups in total. The van der Waals surface area contributed by atoms with Crippen LogP contribution < -0.4 is 18.9 Å². The van der Waals surface area contributed by atoms with Gasteiger partial charge in [0.15, 0.2) is 11.5 Å². The average Bonchev–Trinajstić information content (AvgIpc) is 2.72. The molecule has 3 aromatic carbocycles. The van der Waals surface area contributed by atoms with Crippen LogP contribution in [-0.2, 0) is 13.2 Å². The molecule has 0 aliphatic heterocycles. The molecule has 0 spiro atoms. The van der Waals surface area contributed by atoms with Crippen molar-refractivity contribution >= 4 is 0 Å². The summed E-state index contributed by atoms with van der Waals surface area (Å²) in [4.78, 5) is 0. The minimum absolute atomic E-state index is 0.412. The third-order valence-electron chi connectivity index (χ3n) is 3.94. The quantitative estimate of drug-likeness (QED) is 0.581. The Bertz CT molecular complexity index is 791. The SMILES string of the molecule is COc1cccc(OC)c1OCc1ccc(OCc2ccccc2)cc1. The first-order chi connectivity index (χ1) is 12.8. The highest BCUT2D eigenvalue weighted by Crippen LogP contribution is 2.37. The molecule has 26 heavy (non-hydrogen) atoms. The van der Waals surface area contributed by atoms with E-state index in [0.29, 0.717) is 30.5 Å². The Hall–Kier alpha value is -3.14. The van der Waals surface area contributed by atoms with Crippen LogP contribution in [0.3, 0.4) is 0 Å². The van der Waals surface area contributed by atoms with Crippen molar-refractivity contribution < 1.29 is 18.9 Å². The molecule has 0 atom stereocenters. The number of methoxy groups -OCH3 is 2. The van der Waals surface area contributed by atoms with E-state index in [9.17, 15) is 0 Å². The van der Waals surface area contributed by atoms with Gasteiger partial charge in [0.25, 0.3) is 0 Å². The lowest BCUT2D eigenvalue weighted by molar-refractivity contribution is 0.265. The van der Waals surface area contributed by atoms with Gasteiger partial charge >= 0.3 is 0 Å². The maximum atomic E-state index is 5.91. The van der Waals surface area contributed by atoms with Gasteiger partial charge in [-0.15, -0.1) is 0 Å². The Kier molecular flexibility index (Phi) is 5.99. The van der Waals surface area contributed by atoms with E-state index in [-0.39, 0.29) is 0 Å². The van der Waals surface area contributed by atoms with Gasteiger partial charge in [-0.1, -0.05) is 48.5 Å². The van der Waals surface area contributed by atoms with Crippen LogP contribution in [0.4, 0.5) is 0 Å². The minimum Gasteiger partial charge on any atom is -0.493 e. The summed E-state index contributed by atoms with van der Waals surface area (Å²) in [7, 11) is 3.22. The van der Waals surface area contributed by atoms with Crippen molar-refractivity contribution in [3.63, 3.8) is 0 Å². The Balaban J connectivity index is 1.60. The molecule has 0 heterocycles. The molecule has 134 valence electrons. The van der Waals surface area contributed by atoms with Crippen molar-refractivity contribution in [2.24, 2.45) is 0 Å². The van der Waals surface area contributed by atoms with Gasteiger partial charge in [0, 0.05) is 0 Å². The second-order valence-corrected chi connectivity index (χ2v) is 5.70. The monoisotopic (exact) mass is 350 g/mol. The van der Waals surface area contributed by atoms with Gasteiger partial charge in [0.2, 0.25) is 5.75 Å². The smallest absolute Gasteiger partial charge is 0.203 e. The van der Waals surface area contributed by atoms with E-state index in [4.69, 9.17) is 18.9 Å². The van der Waals surface area contributed by atoms with Crippen molar-refractivity contribution in [1.29, 1.82) is 0 Å². The molecule has 4 heteroatoms. The lowest BCUT2D eigenvalue weighted by Crippen LogP contribution is -2.00. The largest absolute Gasteiger partial charge is 0.493 e. The van der Waals surface area contributed by atoms with Gasteiger partial charge in [-0.25, -0.2) is 0 Å². The van der Waals surface area contributed by atoms with Gasteiger partial charge in [-0.05, 0) is 35.4 Å². The molecule has 3 aromatic rings. The molecule has 0 saturated heterocycles. The molecule has 3 rings (SSSR count). The van der Waals surface area contributed by atoms with E-state index >= 15 is 0 Å². The normalized spacial score (nSPS) is 10.2. The highest BCUT2D eigenvalue weighted by atomic mass is 16.5. The summed E-state index contributed by atoms with van der Waals surface area (Å²) in [5.74, 6) is 2.72. The maximum Gasteiger partial charge on any atom is 0.203 e. The number of para-hydroxylation sites is 1. The van der Waals surface area contributed by atoms with Crippen LogP contribution in [0.2, 0.25) is 0 Å². The highest BCUT2D eigenvalue weighted by molar-refractivity contribution is 5.51. The van der Waals surface area contributed by atoms with Crippen molar-refractivity contribution in [1.82, 2.24) is 0 Å². The second kappa shape index (κ2) is 8.81. The average molecular weight is 350 g/mol. The minimum atomic E-state index is 0.412. The fraction of sp³-hybridized carbons (Fsp3) is 0.182. The lowest BCUT2D eigenvalue weighted by Gasteiger charge is -2.14. The molecular formula is C22H22O4. The molecule has 0 fully saturated rings. The summed E-state index contributed by atoms with van der Waals surface area (Å²) >= 11 is 0. The van der Waals surface area contributed by atoms with E-state index in [1.165, 1.54) is 0 Å². The van der Waals surface area contributed by atoms with E-state index < -0.39 is 0 Å². The zero-order valence-electron chi connectivity index (χ0n) is 15.0. The fourth-order valence-electron chi connectivity index (χ4n) is 2.54. The van der Waals surface area contributed by atoms with Gasteiger partial charge in [-0.2, -0.15) is 0 Å². The van der Waals surface area contributed by atoms with Crippen LogP contribution in [0.1, 0.15) is 11.1 Å². The Morgan fingerprint density at radius 3 is 1.77 bits per heavy atom. The molecule has 0 unspecified atom stereocenters. The second-order valence-electron chi connectivity index (χ2n) is 5.70. The van der Waals surface area contributed by atoms with Gasteiger partial charge in [0.05, 0.1) is 14.2 Å². The van der Waals surface area contributed by atoms with E-state index in [1.807, 2.05) is 72.8 Å². The first-order valence-corrected chi connectivity index (χ1v) is 8.39. The van der Waals surface area contributed by atoms with Crippen molar-refractivity contribution in [3.05, 3.63) is 83.9 Å². The number of rotatable bonds is 8. The molecule has 0 bridgehead atoms. The first-order valence-electron chi connectivity index (χ1n) is 8.39. The van der Waals surface area contributed by atoms with Crippen molar-refractivity contribution in [3.8, 4) is 23.0 Å². The maximum absolute atomic E-state index is 5.91. The van der Waals surface area contributed by atoms with Crippen LogP contribution in [0.15, 0.2) is 72.8 Å².